The molecule has 1 saturated carbocycles. The maximum absolute atomic E-state index is 5.99. The number of guanidine groups is 1. The van der Waals surface area contributed by atoms with Gasteiger partial charge in [0.15, 0.2) is 5.96 Å². The molecule has 1 heterocycles. The van der Waals surface area contributed by atoms with E-state index in [0.29, 0.717) is 17.4 Å². The molecule has 16 heavy (non-hydrogen) atoms. The highest BCUT2D eigenvalue weighted by Gasteiger charge is 2.46. The van der Waals surface area contributed by atoms with Crippen LogP contribution in [-0.4, -0.2) is 42.7 Å². The zero-order chi connectivity index (χ0) is 11.1. The van der Waals surface area contributed by atoms with Crippen LogP contribution in [0.5, 0.6) is 0 Å². The summed E-state index contributed by atoms with van der Waals surface area (Å²) in [6.45, 7) is 9.02. The van der Waals surface area contributed by atoms with E-state index in [2.05, 4.69) is 30.7 Å². The highest BCUT2D eigenvalue weighted by Crippen LogP contribution is 2.47. The van der Waals surface area contributed by atoms with Crippen molar-refractivity contribution in [1.82, 2.24) is 4.90 Å². The van der Waals surface area contributed by atoms with Gasteiger partial charge in [0.2, 0.25) is 0 Å². The number of nitrogens with two attached hydrogens (primary N) is 1. The van der Waals surface area contributed by atoms with Crippen molar-refractivity contribution >= 4 is 29.9 Å². The van der Waals surface area contributed by atoms with E-state index < -0.39 is 0 Å². The van der Waals surface area contributed by atoms with E-state index in [4.69, 9.17) is 10.5 Å². The number of nitrogens with zero attached hydrogens (tertiary/aromatic N) is 2. The molecule has 2 unspecified atom stereocenters. The minimum atomic E-state index is 0. The van der Waals surface area contributed by atoms with Crippen molar-refractivity contribution in [3.63, 3.8) is 0 Å². The third-order valence-corrected chi connectivity index (χ3v) is 3.31. The van der Waals surface area contributed by atoms with Crippen LogP contribution in [-0.2, 0) is 4.74 Å². The summed E-state index contributed by atoms with van der Waals surface area (Å²) in [6.07, 6.45) is 1.42. The number of ether oxygens (including phenoxy) is 1. The van der Waals surface area contributed by atoms with Crippen LogP contribution in [0.4, 0.5) is 0 Å². The van der Waals surface area contributed by atoms with E-state index in [0.717, 1.165) is 26.1 Å². The van der Waals surface area contributed by atoms with Crippen molar-refractivity contribution in [2.24, 2.45) is 16.1 Å². The average molecular weight is 339 g/mol. The summed E-state index contributed by atoms with van der Waals surface area (Å²) in [5, 5.41) is 0. The lowest BCUT2D eigenvalue weighted by atomic mass is 10.2. The molecular weight excluding hydrogens is 317 g/mol. The van der Waals surface area contributed by atoms with Crippen molar-refractivity contribution in [3.05, 3.63) is 0 Å². The zero-order valence-electron chi connectivity index (χ0n) is 10.3. The van der Waals surface area contributed by atoms with Crippen molar-refractivity contribution in [2.75, 3.05) is 19.7 Å². The van der Waals surface area contributed by atoms with Gasteiger partial charge in [-0.1, -0.05) is 13.8 Å². The number of hydrogen-bond acceptors (Lipinski definition) is 2. The fourth-order valence-electron chi connectivity index (χ4n) is 1.93. The van der Waals surface area contributed by atoms with Gasteiger partial charge >= 0.3 is 0 Å². The lowest BCUT2D eigenvalue weighted by Crippen LogP contribution is -2.48. The quantitative estimate of drug-likeness (QED) is 0.447. The van der Waals surface area contributed by atoms with Crippen LogP contribution >= 0.6 is 24.0 Å². The molecule has 0 bridgehead atoms. The average Bonchev–Trinajstić information content (AvgIpc) is 2.73. The standard InChI is InChI=1S/C11H21N3O.HI/c1-8-7-14(4-5-15-8)10(12)13-9-6-11(9,2)3;/h8-9H,4-7H2,1-3H3,(H2,12,13);1H. The Labute approximate surface area is 115 Å². The highest BCUT2D eigenvalue weighted by molar-refractivity contribution is 14.0. The molecule has 1 aliphatic carbocycles. The fourth-order valence-corrected chi connectivity index (χ4v) is 1.93. The Balaban J connectivity index is 0.00000128. The van der Waals surface area contributed by atoms with Gasteiger partial charge in [-0.2, -0.15) is 0 Å². The van der Waals surface area contributed by atoms with E-state index in [1.807, 2.05) is 0 Å². The molecule has 2 rings (SSSR count). The van der Waals surface area contributed by atoms with E-state index in [9.17, 15) is 0 Å². The van der Waals surface area contributed by atoms with Gasteiger partial charge in [-0.25, -0.2) is 4.99 Å². The summed E-state index contributed by atoms with van der Waals surface area (Å²) in [4.78, 5) is 6.69. The molecule has 1 aliphatic heterocycles. The monoisotopic (exact) mass is 339 g/mol. The first-order chi connectivity index (χ1) is 6.99. The summed E-state index contributed by atoms with van der Waals surface area (Å²) < 4.78 is 5.47. The van der Waals surface area contributed by atoms with E-state index in [1.165, 1.54) is 0 Å². The van der Waals surface area contributed by atoms with Crippen LogP contribution in [0.15, 0.2) is 4.99 Å². The zero-order valence-corrected chi connectivity index (χ0v) is 12.6. The van der Waals surface area contributed by atoms with Crippen LogP contribution < -0.4 is 5.73 Å². The predicted octanol–water partition coefficient (Wildman–Crippen LogP) is 1.44. The molecule has 4 nitrogen and oxygen atoms in total. The molecule has 2 fully saturated rings. The van der Waals surface area contributed by atoms with Crippen LogP contribution in [0.2, 0.25) is 0 Å². The second-order valence-corrected chi connectivity index (χ2v) is 5.32. The van der Waals surface area contributed by atoms with Crippen molar-refractivity contribution in [3.8, 4) is 0 Å². The Kier molecular flexibility index (Phi) is 4.45. The largest absolute Gasteiger partial charge is 0.375 e. The molecule has 2 aliphatic rings. The van der Waals surface area contributed by atoms with Crippen LogP contribution in [0.3, 0.4) is 0 Å². The first-order valence-corrected chi connectivity index (χ1v) is 5.69. The van der Waals surface area contributed by atoms with Crippen molar-refractivity contribution in [2.45, 2.75) is 39.3 Å². The van der Waals surface area contributed by atoms with Gasteiger partial charge in [0.1, 0.15) is 0 Å². The number of rotatable bonds is 1. The molecule has 0 aromatic carbocycles. The SMILES string of the molecule is CC1CN(C(N)=NC2CC2(C)C)CCO1.I. The second-order valence-electron chi connectivity index (χ2n) is 5.32. The Morgan fingerprint density at radius 3 is 2.62 bits per heavy atom. The van der Waals surface area contributed by atoms with Crippen LogP contribution in [0.25, 0.3) is 0 Å². The molecule has 5 heteroatoms. The third-order valence-electron chi connectivity index (χ3n) is 3.31. The van der Waals surface area contributed by atoms with Gasteiger partial charge in [0.05, 0.1) is 18.8 Å². The Morgan fingerprint density at radius 2 is 2.12 bits per heavy atom. The fraction of sp³-hybridized carbons (Fsp3) is 0.909. The second kappa shape index (κ2) is 5.08. The van der Waals surface area contributed by atoms with E-state index >= 15 is 0 Å². The lowest BCUT2D eigenvalue weighted by Gasteiger charge is -2.31. The first kappa shape index (κ1) is 14.0. The maximum Gasteiger partial charge on any atom is 0.191 e. The Morgan fingerprint density at radius 1 is 1.50 bits per heavy atom. The van der Waals surface area contributed by atoms with Gasteiger partial charge in [0.25, 0.3) is 0 Å². The summed E-state index contributed by atoms with van der Waals surface area (Å²) in [6, 6.07) is 0.427. The topological polar surface area (TPSA) is 50.8 Å². The molecule has 0 amide bonds. The van der Waals surface area contributed by atoms with Gasteiger partial charge in [-0.3, -0.25) is 0 Å². The summed E-state index contributed by atoms with van der Waals surface area (Å²) in [5.41, 5.74) is 6.36. The predicted molar refractivity (Wildman–Crippen MR) is 76.2 cm³/mol. The van der Waals surface area contributed by atoms with Gasteiger partial charge in [0, 0.05) is 13.1 Å². The third kappa shape index (κ3) is 3.23. The molecule has 94 valence electrons. The molecule has 0 aromatic heterocycles. The summed E-state index contributed by atoms with van der Waals surface area (Å²) in [7, 11) is 0. The number of aliphatic imine (C=N–C) groups is 1. The normalized spacial score (nSPS) is 33.2. The maximum atomic E-state index is 5.99. The molecule has 0 spiro atoms. The first-order valence-electron chi connectivity index (χ1n) is 5.69. The van der Waals surface area contributed by atoms with Crippen molar-refractivity contribution < 1.29 is 4.74 Å². The minimum Gasteiger partial charge on any atom is -0.375 e. The van der Waals surface area contributed by atoms with Crippen LogP contribution in [0.1, 0.15) is 27.2 Å². The smallest absolute Gasteiger partial charge is 0.191 e. The van der Waals surface area contributed by atoms with Gasteiger partial charge in [-0.15, -0.1) is 24.0 Å². The molecule has 2 N–H and O–H groups in total. The van der Waals surface area contributed by atoms with Crippen molar-refractivity contribution in [1.29, 1.82) is 0 Å². The highest BCUT2D eigenvalue weighted by atomic mass is 127. The number of morpholine rings is 1. The van der Waals surface area contributed by atoms with E-state index in [1.54, 1.807) is 0 Å². The van der Waals surface area contributed by atoms with Gasteiger partial charge < -0.3 is 15.4 Å². The summed E-state index contributed by atoms with van der Waals surface area (Å²) in [5.74, 6) is 0.695. The van der Waals surface area contributed by atoms with E-state index in [-0.39, 0.29) is 30.1 Å². The lowest BCUT2D eigenvalue weighted by molar-refractivity contribution is 0.00527. The Hall–Kier alpha value is -0.0400. The number of hydrogen-bond donors (Lipinski definition) is 1. The number of halogens is 1. The Bertz CT molecular complexity index is 280. The molecule has 0 aromatic rings. The molecule has 2 atom stereocenters. The molecule has 1 saturated heterocycles. The van der Waals surface area contributed by atoms with Crippen LogP contribution in [0, 0.1) is 5.41 Å². The van der Waals surface area contributed by atoms with Gasteiger partial charge in [-0.05, 0) is 18.8 Å². The molecule has 0 radical (unpaired) electrons. The minimum absolute atomic E-state index is 0. The molecular formula is C11H22IN3O. The summed E-state index contributed by atoms with van der Waals surface area (Å²) >= 11 is 0.